The van der Waals surface area contributed by atoms with Crippen LogP contribution in [0.5, 0.6) is 0 Å². The van der Waals surface area contributed by atoms with Crippen LogP contribution in [0.1, 0.15) is 10.5 Å². The van der Waals surface area contributed by atoms with Gasteiger partial charge in [0, 0.05) is 13.2 Å². The molecule has 3 rings (SSSR count). The summed E-state index contributed by atoms with van der Waals surface area (Å²) in [7, 11) is 1.75. The van der Waals surface area contributed by atoms with Crippen molar-refractivity contribution in [3.8, 4) is 0 Å². The maximum atomic E-state index is 12.0. The summed E-state index contributed by atoms with van der Waals surface area (Å²) in [6, 6.07) is 5.15. The summed E-state index contributed by atoms with van der Waals surface area (Å²) in [5.74, 6) is -0.313. The van der Waals surface area contributed by atoms with Gasteiger partial charge in [-0.3, -0.25) is 14.8 Å². The van der Waals surface area contributed by atoms with Gasteiger partial charge in [-0.1, -0.05) is 34.5 Å². The number of amides is 1. The molecule has 0 aliphatic rings. The van der Waals surface area contributed by atoms with Crippen LogP contribution in [0.4, 0.5) is 5.13 Å². The van der Waals surface area contributed by atoms with E-state index in [-0.39, 0.29) is 5.91 Å². The van der Waals surface area contributed by atoms with Gasteiger partial charge in [0.1, 0.15) is 5.52 Å². The molecule has 0 radical (unpaired) electrons. The van der Waals surface area contributed by atoms with E-state index in [1.807, 2.05) is 6.07 Å². The lowest BCUT2D eigenvalue weighted by molar-refractivity contribution is 0.102. The second-order valence-electron chi connectivity index (χ2n) is 4.06. The van der Waals surface area contributed by atoms with E-state index < -0.39 is 0 Å². The summed E-state index contributed by atoms with van der Waals surface area (Å²) >= 11 is 13.3. The van der Waals surface area contributed by atoms with E-state index in [1.54, 1.807) is 30.1 Å². The minimum atomic E-state index is -0.313. The highest BCUT2D eigenvalue weighted by atomic mass is 35.5. The van der Waals surface area contributed by atoms with Crippen LogP contribution < -0.4 is 5.32 Å². The molecule has 1 aromatic carbocycles. The molecule has 0 saturated heterocycles. The average Bonchev–Trinajstić information content (AvgIpc) is 3.00. The van der Waals surface area contributed by atoms with Crippen molar-refractivity contribution in [2.75, 3.05) is 5.32 Å². The number of hydrogen-bond acceptors (Lipinski definition) is 4. The third kappa shape index (κ3) is 2.37. The number of carbonyl (C=O) groups is 1. The average molecular weight is 327 g/mol. The van der Waals surface area contributed by atoms with E-state index in [0.717, 1.165) is 4.70 Å². The SMILES string of the molecule is Cn1ccc(C(=O)Nc2nc3c(Cl)c(Cl)ccc3s2)n1. The largest absolute Gasteiger partial charge is 0.296 e. The van der Waals surface area contributed by atoms with Gasteiger partial charge in [0.05, 0.1) is 14.7 Å². The van der Waals surface area contributed by atoms with E-state index in [0.29, 0.717) is 26.4 Å². The van der Waals surface area contributed by atoms with Crippen molar-refractivity contribution in [3.05, 3.63) is 40.1 Å². The number of carbonyl (C=O) groups excluding carboxylic acids is 1. The van der Waals surface area contributed by atoms with Crippen molar-refractivity contribution in [2.45, 2.75) is 0 Å². The molecule has 0 bridgehead atoms. The molecule has 2 aromatic heterocycles. The number of nitrogens with zero attached hydrogens (tertiary/aromatic N) is 3. The van der Waals surface area contributed by atoms with Crippen LogP contribution in [0.15, 0.2) is 24.4 Å². The van der Waals surface area contributed by atoms with Gasteiger partial charge in [0.25, 0.3) is 5.91 Å². The number of hydrogen-bond donors (Lipinski definition) is 1. The number of anilines is 1. The first-order valence-electron chi connectivity index (χ1n) is 5.60. The van der Waals surface area contributed by atoms with Crippen LogP contribution in [0.2, 0.25) is 10.0 Å². The number of fused-ring (bicyclic) bond motifs is 1. The topological polar surface area (TPSA) is 59.8 Å². The molecular formula is C12H8Cl2N4OS. The highest BCUT2D eigenvalue weighted by Gasteiger charge is 2.14. The summed E-state index contributed by atoms with van der Waals surface area (Å²) in [5.41, 5.74) is 0.913. The Kier molecular flexibility index (Phi) is 3.37. The van der Waals surface area contributed by atoms with Gasteiger partial charge < -0.3 is 0 Å². The van der Waals surface area contributed by atoms with E-state index in [4.69, 9.17) is 23.2 Å². The van der Waals surface area contributed by atoms with E-state index in [1.165, 1.54) is 11.3 Å². The van der Waals surface area contributed by atoms with Crippen LogP contribution in [-0.4, -0.2) is 20.7 Å². The smallest absolute Gasteiger partial charge is 0.277 e. The summed E-state index contributed by atoms with van der Waals surface area (Å²) in [6.07, 6.45) is 1.70. The summed E-state index contributed by atoms with van der Waals surface area (Å²) < 4.78 is 2.42. The number of nitrogens with one attached hydrogen (secondary N) is 1. The maximum absolute atomic E-state index is 12.0. The van der Waals surface area contributed by atoms with Gasteiger partial charge in [-0.2, -0.15) is 5.10 Å². The van der Waals surface area contributed by atoms with Crippen LogP contribution in [0.3, 0.4) is 0 Å². The fraction of sp³-hybridized carbons (Fsp3) is 0.0833. The molecule has 8 heteroatoms. The Morgan fingerprint density at radius 1 is 1.35 bits per heavy atom. The number of aryl methyl sites for hydroxylation is 1. The third-order valence-electron chi connectivity index (χ3n) is 2.62. The predicted octanol–water partition coefficient (Wildman–Crippen LogP) is 3.59. The summed E-state index contributed by atoms with van der Waals surface area (Å²) in [5, 5.41) is 8.01. The lowest BCUT2D eigenvalue weighted by Gasteiger charge is -1.96. The van der Waals surface area contributed by atoms with E-state index in [9.17, 15) is 4.79 Å². The van der Waals surface area contributed by atoms with Gasteiger partial charge in [-0.05, 0) is 18.2 Å². The summed E-state index contributed by atoms with van der Waals surface area (Å²) in [4.78, 5) is 16.3. The molecule has 2 heterocycles. The third-order valence-corrected chi connectivity index (χ3v) is 4.35. The second-order valence-corrected chi connectivity index (χ2v) is 5.87. The lowest BCUT2D eigenvalue weighted by Crippen LogP contribution is -2.12. The van der Waals surface area contributed by atoms with Crippen LogP contribution in [0.25, 0.3) is 10.2 Å². The quantitative estimate of drug-likeness (QED) is 0.782. The van der Waals surface area contributed by atoms with Gasteiger partial charge in [0.2, 0.25) is 0 Å². The van der Waals surface area contributed by atoms with E-state index in [2.05, 4.69) is 15.4 Å². The first kappa shape index (κ1) is 13.4. The molecule has 0 aliphatic carbocycles. The van der Waals surface area contributed by atoms with Crippen molar-refractivity contribution < 1.29 is 4.79 Å². The number of rotatable bonds is 2. The monoisotopic (exact) mass is 326 g/mol. The van der Waals surface area contributed by atoms with Crippen LogP contribution in [-0.2, 0) is 7.05 Å². The highest BCUT2D eigenvalue weighted by Crippen LogP contribution is 2.35. The molecule has 102 valence electrons. The fourth-order valence-electron chi connectivity index (χ4n) is 1.69. The molecule has 0 saturated carbocycles. The number of benzene rings is 1. The molecule has 1 amide bonds. The Morgan fingerprint density at radius 2 is 2.15 bits per heavy atom. The Morgan fingerprint density at radius 3 is 2.85 bits per heavy atom. The Labute approximate surface area is 128 Å². The minimum absolute atomic E-state index is 0.313. The molecule has 0 spiro atoms. The number of aromatic nitrogens is 3. The maximum Gasteiger partial charge on any atom is 0.277 e. The molecule has 20 heavy (non-hydrogen) atoms. The van der Waals surface area contributed by atoms with Gasteiger partial charge in [-0.25, -0.2) is 4.98 Å². The number of halogens is 2. The van der Waals surface area contributed by atoms with Crippen LogP contribution >= 0.6 is 34.5 Å². The van der Waals surface area contributed by atoms with Crippen molar-refractivity contribution in [3.63, 3.8) is 0 Å². The van der Waals surface area contributed by atoms with Gasteiger partial charge in [-0.15, -0.1) is 0 Å². The molecule has 0 fully saturated rings. The standard InChI is InChI=1S/C12H8Cl2N4OS/c1-18-5-4-7(17-18)11(19)16-12-15-10-8(20-12)3-2-6(13)9(10)14/h2-5H,1H3,(H,15,16,19). The zero-order valence-electron chi connectivity index (χ0n) is 10.2. The Balaban J connectivity index is 1.92. The lowest BCUT2D eigenvalue weighted by atomic mass is 10.3. The Bertz CT molecular complexity index is 811. The van der Waals surface area contributed by atoms with E-state index >= 15 is 0 Å². The first-order valence-corrected chi connectivity index (χ1v) is 7.17. The first-order chi connectivity index (χ1) is 9.54. The minimum Gasteiger partial charge on any atom is -0.296 e. The summed E-state index contributed by atoms with van der Waals surface area (Å²) in [6.45, 7) is 0. The molecule has 5 nitrogen and oxygen atoms in total. The molecular weight excluding hydrogens is 319 g/mol. The van der Waals surface area contributed by atoms with Gasteiger partial charge >= 0.3 is 0 Å². The van der Waals surface area contributed by atoms with Crippen molar-refractivity contribution >= 4 is 55.8 Å². The van der Waals surface area contributed by atoms with Gasteiger partial charge in [0.15, 0.2) is 10.8 Å². The second kappa shape index (κ2) is 5.05. The molecule has 0 atom stereocenters. The highest BCUT2D eigenvalue weighted by molar-refractivity contribution is 7.22. The zero-order valence-corrected chi connectivity index (χ0v) is 12.6. The molecule has 0 unspecified atom stereocenters. The molecule has 3 aromatic rings. The normalized spacial score (nSPS) is 10.9. The molecule has 1 N–H and O–H groups in total. The van der Waals surface area contributed by atoms with Crippen molar-refractivity contribution in [2.24, 2.45) is 7.05 Å². The molecule has 0 aliphatic heterocycles. The number of thiazole rings is 1. The Hall–Kier alpha value is -1.63. The fourth-order valence-corrected chi connectivity index (χ4v) is 2.97. The van der Waals surface area contributed by atoms with Crippen molar-refractivity contribution in [1.29, 1.82) is 0 Å². The zero-order chi connectivity index (χ0) is 14.3. The van der Waals surface area contributed by atoms with Crippen molar-refractivity contribution in [1.82, 2.24) is 14.8 Å². The predicted molar refractivity (Wildman–Crippen MR) is 80.8 cm³/mol. The van der Waals surface area contributed by atoms with Crippen LogP contribution in [0, 0.1) is 0 Å².